The SMILES string of the molecule is CC1CCNC(C(=O)N[C@@H](C)c2cccnc2)C1. The van der Waals surface area contributed by atoms with Gasteiger partial charge < -0.3 is 10.6 Å². The molecule has 2 unspecified atom stereocenters. The predicted octanol–water partition coefficient (Wildman–Crippen LogP) is 1.65. The Balaban J connectivity index is 1.91. The zero-order valence-corrected chi connectivity index (χ0v) is 11.0. The van der Waals surface area contributed by atoms with Gasteiger partial charge in [-0.15, -0.1) is 0 Å². The lowest BCUT2D eigenvalue weighted by atomic mass is 9.93. The molecule has 0 spiro atoms. The molecule has 0 radical (unpaired) electrons. The first-order valence-corrected chi connectivity index (χ1v) is 6.60. The molecule has 0 saturated carbocycles. The first-order chi connectivity index (χ1) is 8.66. The number of carbonyl (C=O) groups excluding carboxylic acids is 1. The summed E-state index contributed by atoms with van der Waals surface area (Å²) in [5.74, 6) is 0.716. The lowest BCUT2D eigenvalue weighted by molar-refractivity contribution is -0.124. The molecule has 1 aromatic rings. The summed E-state index contributed by atoms with van der Waals surface area (Å²) in [5.41, 5.74) is 1.04. The Morgan fingerprint density at radius 3 is 3.11 bits per heavy atom. The third kappa shape index (κ3) is 3.29. The van der Waals surface area contributed by atoms with Gasteiger partial charge in [0.05, 0.1) is 12.1 Å². The van der Waals surface area contributed by atoms with Crippen LogP contribution in [-0.2, 0) is 4.79 Å². The number of carbonyl (C=O) groups is 1. The van der Waals surface area contributed by atoms with E-state index < -0.39 is 0 Å². The van der Waals surface area contributed by atoms with Crippen molar-refractivity contribution in [2.24, 2.45) is 5.92 Å². The minimum atomic E-state index is -0.0483. The molecule has 1 saturated heterocycles. The van der Waals surface area contributed by atoms with Gasteiger partial charge in [-0.3, -0.25) is 9.78 Å². The van der Waals surface area contributed by atoms with Crippen LogP contribution < -0.4 is 10.6 Å². The van der Waals surface area contributed by atoms with Gasteiger partial charge in [0.15, 0.2) is 0 Å². The van der Waals surface area contributed by atoms with Gasteiger partial charge in [0.25, 0.3) is 0 Å². The van der Waals surface area contributed by atoms with E-state index in [1.54, 1.807) is 12.4 Å². The van der Waals surface area contributed by atoms with Crippen molar-refractivity contribution in [1.82, 2.24) is 15.6 Å². The molecule has 1 fully saturated rings. The van der Waals surface area contributed by atoms with Gasteiger partial charge in [-0.2, -0.15) is 0 Å². The molecule has 1 aliphatic rings. The summed E-state index contributed by atoms with van der Waals surface area (Å²) in [4.78, 5) is 16.2. The Morgan fingerprint density at radius 2 is 2.44 bits per heavy atom. The number of aromatic nitrogens is 1. The fourth-order valence-corrected chi connectivity index (χ4v) is 2.34. The zero-order valence-electron chi connectivity index (χ0n) is 11.0. The minimum Gasteiger partial charge on any atom is -0.348 e. The van der Waals surface area contributed by atoms with Crippen molar-refractivity contribution in [3.05, 3.63) is 30.1 Å². The van der Waals surface area contributed by atoms with Crippen molar-refractivity contribution in [3.63, 3.8) is 0 Å². The molecule has 4 heteroatoms. The highest BCUT2D eigenvalue weighted by Gasteiger charge is 2.25. The van der Waals surface area contributed by atoms with Crippen molar-refractivity contribution >= 4 is 5.91 Å². The minimum absolute atomic E-state index is 0.00485. The maximum absolute atomic E-state index is 12.1. The molecule has 2 heterocycles. The lowest BCUT2D eigenvalue weighted by Gasteiger charge is -2.28. The molecule has 1 amide bonds. The van der Waals surface area contributed by atoms with Gasteiger partial charge in [-0.05, 0) is 43.9 Å². The quantitative estimate of drug-likeness (QED) is 0.854. The van der Waals surface area contributed by atoms with Crippen LogP contribution in [0.3, 0.4) is 0 Å². The van der Waals surface area contributed by atoms with Gasteiger partial charge in [0.2, 0.25) is 5.91 Å². The molecule has 0 bridgehead atoms. The number of nitrogens with zero attached hydrogens (tertiary/aromatic N) is 1. The van der Waals surface area contributed by atoms with Crippen molar-refractivity contribution in [1.29, 1.82) is 0 Å². The Bertz CT molecular complexity index is 393. The van der Waals surface area contributed by atoms with Crippen molar-refractivity contribution in [3.8, 4) is 0 Å². The van der Waals surface area contributed by atoms with Crippen LogP contribution in [0.25, 0.3) is 0 Å². The number of rotatable bonds is 3. The van der Waals surface area contributed by atoms with Crippen LogP contribution in [0.2, 0.25) is 0 Å². The standard InChI is InChI=1S/C14H21N3O/c1-10-5-7-16-13(8-10)14(18)17-11(2)12-4-3-6-15-9-12/h3-4,6,9-11,13,16H,5,7-8H2,1-2H3,(H,17,18)/t10?,11-,13?/m0/s1. The highest BCUT2D eigenvalue weighted by Crippen LogP contribution is 2.16. The largest absolute Gasteiger partial charge is 0.348 e. The topological polar surface area (TPSA) is 54.0 Å². The van der Waals surface area contributed by atoms with E-state index >= 15 is 0 Å². The van der Waals surface area contributed by atoms with Gasteiger partial charge >= 0.3 is 0 Å². The van der Waals surface area contributed by atoms with E-state index in [4.69, 9.17) is 0 Å². The average Bonchev–Trinajstić information content (AvgIpc) is 2.39. The normalized spacial score (nSPS) is 25.4. The number of hydrogen-bond acceptors (Lipinski definition) is 3. The predicted molar refractivity (Wildman–Crippen MR) is 71.0 cm³/mol. The fourth-order valence-electron chi connectivity index (χ4n) is 2.34. The third-order valence-corrected chi connectivity index (χ3v) is 3.53. The van der Waals surface area contributed by atoms with Crippen molar-refractivity contribution < 1.29 is 4.79 Å². The van der Waals surface area contributed by atoms with Crippen LogP contribution in [0.1, 0.15) is 38.3 Å². The van der Waals surface area contributed by atoms with Gasteiger partial charge in [-0.1, -0.05) is 13.0 Å². The first-order valence-electron chi connectivity index (χ1n) is 6.60. The summed E-state index contributed by atoms with van der Waals surface area (Å²) < 4.78 is 0. The summed E-state index contributed by atoms with van der Waals surface area (Å²) in [5, 5.41) is 6.32. The van der Waals surface area contributed by atoms with E-state index in [-0.39, 0.29) is 18.0 Å². The Hall–Kier alpha value is -1.42. The molecular weight excluding hydrogens is 226 g/mol. The highest BCUT2D eigenvalue weighted by atomic mass is 16.2. The first kappa shape index (κ1) is 13.0. The summed E-state index contributed by atoms with van der Waals surface area (Å²) in [6.45, 7) is 5.12. The van der Waals surface area contributed by atoms with Crippen LogP contribution in [-0.4, -0.2) is 23.5 Å². The summed E-state index contributed by atoms with van der Waals surface area (Å²) in [7, 11) is 0. The van der Waals surface area contributed by atoms with E-state index in [1.807, 2.05) is 19.1 Å². The van der Waals surface area contributed by atoms with Gasteiger partial charge in [-0.25, -0.2) is 0 Å². The second-order valence-electron chi connectivity index (χ2n) is 5.15. The third-order valence-electron chi connectivity index (χ3n) is 3.53. The highest BCUT2D eigenvalue weighted by molar-refractivity contribution is 5.82. The molecule has 2 rings (SSSR count). The number of piperidine rings is 1. The molecule has 98 valence electrons. The molecule has 18 heavy (non-hydrogen) atoms. The summed E-state index contributed by atoms with van der Waals surface area (Å²) in [6.07, 6.45) is 5.61. The molecule has 1 aromatic heterocycles. The Labute approximate surface area is 108 Å². The van der Waals surface area contributed by atoms with Crippen molar-refractivity contribution in [2.45, 2.75) is 38.8 Å². The second-order valence-corrected chi connectivity index (χ2v) is 5.15. The average molecular weight is 247 g/mol. The molecule has 3 atom stereocenters. The number of nitrogens with one attached hydrogen (secondary N) is 2. The number of hydrogen-bond donors (Lipinski definition) is 2. The van der Waals surface area contributed by atoms with E-state index in [0.29, 0.717) is 5.92 Å². The fraction of sp³-hybridized carbons (Fsp3) is 0.571. The molecule has 0 aromatic carbocycles. The molecule has 0 aliphatic carbocycles. The molecular formula is C14H21N3O. The monoisotopic (exact) mass is 247 g/mol. The molecule has 2 N–H and O–H groups in total. The number of pyridine rings is 1. The smallest absolute Gasteiger partial charge is 0.237 e. The van der Waals surface area contributed by atoms with E-state index in [2.05, 4.69) is 22.5 Å². The Morgan fingerprint density at radius 1 is 1.61 bits per heavy atom. The number of amides is 1. The maximum atomic E-state index is 12.1. The van der Waals surface area contributed by atoms with Gasteiger partial charge in [0.1, 0.15) is 0 Å². The van der Waals surface area contributed by atoms with Gasteiger partial charge in [0, 0.05) is 12.4 Å². The van der Waals surface area contributed by atoms with E-state index in [0.717, 1.165) is 24.9 Å². The van der Waals surface area contributed by atoms with Crippen LogP contribution in [0.15, 0.2) is 24.5 Å². The van der Waals surface area contributed by atoms with E-state index in [9.17, 15) is 4.79 Å². The summed E-state index contributed by atoms with van der Waals surface area (Å²) in [6, 6.07) is 3.83. The lowest BCUT2D eigenvalue weighted by Crippen LogP contribution is -2.48. The molecule has 4 nitrogen and oxygen atoms in total. The summed E-state index contributed by atoms with van der Waals surface area (Å²) >= 11 is 0. The molecule has 1 aliphatic heterocycles. The zero-order chi connectivity index (χ0) is 13.0. The van der Waals surface area contributed by atoms with Crippen LogP contribution in [0, 0.1) is 5.92 Å². The van der Waals surface area contributed by atoms with Crippen LogP contribution in [0.5, 0.6) is 0 Å². The second kappa shape index (κ2) is 5.96. The van der Waals surface area contributed by atoms with Crippen LogP contribution >= 0.6 is 0 Å². The van der Waals surface area contributed by atoms with Crippen molar-refractivity contribution in [2.75, 3.05) is 6.54 Å². The van der Waals surface area contributed by atoms with Crippen LogP contribution in [0.4, 0.5) is 0 Å². The Kier molecular flexibility index (Phi) is 4.31. The maximum Gasteiger partial charge on any atom is 0.237 e. The van der Waals surface area contributed by atoms with E-state index in [1.165, 1.54) is 0 Å².